The van der Waals surface area contributed by atoms with Gasteiger partial charge in [-0.3, -0.25) is 4.79 Å². The Balaban J connectivity index is 1.93. The highest BCUT2D eigenvalue weighted by atomic mass is 32.2. The third-order valence-electron chi connectivity index (χ3n) is 4.01. The van der Waals surface area contributed by atoms with Crippen LogP contribution in [0.1, 0.15) is 31.9 Å². The number of ether oxygens (including phenoxy) is 1. The van der Waals surface area contributed by atoms with Crippen molar-refractivity contribution >= 4 is 15.7 Å². The number of carbonyl (C=O) groups excluding carboxylic acids is 1. The van der Waals surface area contributed by atoms with E-state index in [4.69, 9.17) is 4.74 Å². The zero-order valence-electron chi connectivity index (χ0n) is 15.2. The molecular formula is C19H24N2O4S. The Morgan fingerprint density at radius 1 is 1.12 bits per heavy atom. The van der Waals surface area contributed by atoms with Gasteiger partial charge in [0.05, 0.1) is 5.25 Å². The van der Waals surface area contributed by atoms with Gasteiger partial charge in [0, 0.05) is 18.8 Å². The van der Waals surface area contributed by atoms with Crippen molar-refractivity contribution in [1.82, 2.24) is 10.3 Å². The van der Waals surface area contributed by atoms with Crippen molar-refractivity contribution in [2.75, 3.05) is 0 Å². The summed E-state index contributed by atoms with van der Waals surface area (Å²) < 4.78 is 29.8. The lowest BCUT2D eigenvalue weighted by Gasteiger charge is -2.15. The number of sulfone groups is 1. The lowest BCUT2D eigenvalue weighted by atomic mass is 10.2. The molecule has 0 spiro atoms. The first-order valence-electron chi connectivity index (χ1n) is 8.42. The molecule has 0 fully saturated rings. The number of nitrogens with one attached hydrogen (secondary N) is 1. The largest absolute Gasteiger partial charge is 0.473 e. The second-order valence-corrected chi connectivity index (χ2v) is 9.10. The fraction of sp³-hybridized carbons (Fsp3) is 0.368. The van der Waals surface area contributed by atoms with Gasteiger partial charge < -0.3 is 10.1 Å². The monoisotopic (exact) mass is 376 g/mol. The van der Waals surface area contributed by atoms with Crippen molar-refractivity contribution in [2.45, 2.75) is 44.4 Å². The van der Waals surface area contributed by atoms with Gasteiger partial charge in [-0.2, -0.15) is 0 Å². The third-order valence-corrected chi connectivity index (χ3v) is 6.53. The Kier molecular flexibility index (Phi) is 6.74. The van der Waals surface area contributed by atoms with Crippen LogP contribution in [0.4, 0.5) is 0 Å². The topological polar surface area (TPSA) is 85.4 Å². The molecule has 140 valence electrons. The molecule has 0 aliphatic heterocycles. The van der Waals surface area contributed by atoms with Gasteiger partial charge in [-0.1, -0.05) is 30.3 Å². The number of aromatic nitrogens is 1. The fourth-order valence-electron chi connectivity index (χ4n) is 2.26. The molecule has 0 bridgehead atoms. The first-order chi connectivity index (χ1) is 12.3. The van der Waals surface area contributed by atoms with E-state index in [-0.39, 0.29) is 6.54 Å². The van der Waals surface area contributed by atoms with Crippen LogP contribution in [0, 0.1) is 0 Å². The first-order valence-corrected chi connectivity index (χ1v) is 10.0. The number of rotatable bonds is 8. The average molecular weight is 376 g/mol. The van der Waals surface area contributed by atoms with Gasteiger partial charge in [0.2, 0.25) is 11.8 Å². The zero-order chi connectivity index (χ0) is 19.2. The number of carbonyl (C=O) groups is 1. The molecule has 2 aromatic rings. The second-order valence-electron chi connectivity index (χ2n) is 6.27. The molecule has 6 nitrogen and oxygen atoms in total. The summed E-state index contributed by atoms with van der Waals surface area (Å²) in [7, 11) is -3.48. The van der Waals surface area contributed by atoms with Gasteiger partial charge >= 0.3 is 0 Å². The Morgan fingerprint density at radius 2 is 1.81 bits per heavy atom. The van der Waals surface area contributed by atoms with E-state index >= 15 is 0 Å². The van der Waals surface area contributed by atoms with Crippen molar-refractivity contribution in [1.29, 1.82) is 0 Å². The maximum atomic E-state index is 12.1. The van der Waals surface area contributed by atoms with Crippen LogP contribution in [0.25, 0.3) is 0 Å². The molecule has 1 heterocycles. The van der Waals surface area contributed by atoms with Crippen molar-refractivity contribution in [3.8, 4) is 5.88 Å². The van der Waals surface area contributed by atoms with E-state index in [0.717, 1.165) is 11.1 Å². The summed E-state index contributed by atoms with van der Waals surface area (Å²) in [5.41, 5.74) is 1.81. The lowest BCUT2D eigenvalue weighted by Crippen LogP contribution is -2.40. The Bertz CT molecular complexity index is 836. The van der Waals surface area contributed by atoms with E-state index in [1.54, 1.807) is 32.2 Å². The summed E-state index contributed by atoms with van der Waals surface area (Å²) in [4.78, 5) is 16.3. The maximum absolute atomic E-state index is 12.1. The highest BCUT2D eigenvalue weighted by Crippen LogP contribution is 2.13. The van der Waals surface area contributed by atoms with E-state index in [0.29, 0.717) is 12.5 Å². The van der Waals surface area contributed by atoms with Gasteiger partial charge in [0.1, 0.15) is 11.9 Å². The number of hydrogen-bond donors (Lipinski definition) is 1. The molecule has 1 aromatic heterocycles. The molecular weight excluding hydrogens is 352 g/mol. The quantitative estimate of drug-likeness (QED) is 0.765. The minimum atomic E-state index is -3.48. The molecule has 0 aliphatic carbocycles. The Morgan fingerprint density at radius 3 is 2.46 bits per heavy atom. The molecule has 1 unspecified atom stereocenters. The number of pyridine rings is 1. The van der Waals surface area contributed by atoms with Gasteiger partial charge in [0.25, 0.3) is 0 Å². The van der Waals surface area contributed by atoms with Gasteiger partial charge in [-0.25, -0.2) is 13.4 Å². The van der Waals surface area contributed by atoms with Crippen molar-refractivity contribution in [2.24, 2.45) is 0 Å². The summed E-state index contributed by atoms with van der Waals surface area (Å²) in [6, 6.07) is 13.2. The fourth-order valence-corrected chi connectivity index (χ4v) is 3.46. The highest BCUT2D eigenvalue weighted by Gasteiger charge is 2.30. The van der Waals surface area contributed by atoms with Gasteiger partial charge in [0.15, 0.2) is 9.84 Å². The minimum absolute atomic E-state index is 0.209. The summed E-state index contributed by atoms with van der Waals surface area (Å²) in [5, 5.41) is 0.979. The summed E-state index contributed by atoms with van der Waals surface area (Å²) in [6.07, 6.45) is 1.59. The molecule has 1 N–H and O–H groups in total. The van der Waals surface area contributed by atoms with Crippen LogP contribution in [-0.4, -0.2) is 29.8 Å². The number of benzene rings is 1. The van der Waals surface area contributed by atoms with Crippen LogP contribution in [-0.2, 0) is 27.8 Å². The SMILES string of the molecule is CC(C)S(=O)(=O)C(C)C(=O)NCc1ccnc(OCc2ccccc2)c1. The molecule has 0 aliphatic rings. The molecule has 1 atom stereocenters. The van der Waals surface area contributed by atoms with Crippen LogP contribution in [0.5, 0.6) is 5.88 Å². The smallest absolute Gasteiger partial charge is 0.238 e. The molecule has 7 heteroatoms. The molecule has 0 saturated heterocycles. The van der Waals surface area contributed by atoms with Crippen LogP contribution >= 0.6 is 0 Å². The lowest BCUT2D eigenvalue weighted by molar-refractivity contribution is -0.120. The van der Waals surface area contributed by atoms with Crippen LogP contribution in [0.15, 0.2) is 48.7 Å². The highest BCUT2D eigenvalue weighted by molar-refractivity contribution is 7.93. The van der Waals surface area contributed by atoms with E-state index in [1.807, 2.05) is 30.3 Å². The van der Waals surface area contributed by atoms with Crippen molar-refractivity contribution in [3.63, 3.8) is 0 Å². The van der Waals surface area contributed by atoms with Crippen LogP contribution in [0.2, 0.25) is 0 Å². The van der Waals surface area contributed by atoms with Crippen LogP contribution < -0.4 is 10.1 Å². The molecule has 2 rings (SSSR count). The molecule has 0 radical (unpaired) electrons. The molecule has 0 saturated carbocycles. The number of amides is 1. The molecule has 1 aromatic carbocycles. The number of nitrogens with zero attached hydrogens (tertiary/aromatic N) is 1. The normalized spacial score (nSPS) is 12.6. The maximum Gasteiger partial charge on any atom is 0.238 e. The van der Waals surface area contributed by atoms with Gasteiger partial charge in [-0.15, -0.1) is 0 Å². The van der Waals surface area contributed by atoms with E-state index in [1.165, 1.54) is 6.92 Å². The zero-order valence-corrected chi connectivity index (χ0v) is 16.0. The first kappa shape index (κ1) is 19.9. The summed E-state index contributed by atoms with van der Waals surface area (Å²) in [5.74, 6) is -0.0641. The van der Waals surface area contributed by atoms with Crippen molar-refractivity contribution in [3.05, 3.63) is 59.8 Å². The number of hydrogen-bond acceptors (Lipinski definition) is 5. The van der Waals surface area contributed by atoms with Crippen molar-refractivity contribution < 1.29 is 17.9 Å². The Labute approximate surface area is 154 Å². The van der Waals surface area contributed by atoms with E-state index < -0.39 is 26.2 Å². The summed E-state index contributed by atoms with van der Waals surface area (Å²) in [6.45, 7) is 5.15. The van der Waals surface area contributed by atoms with Gasteiger partial charge in [-0.05, 0) is 38.0 Å². The van der Waals surface area contributed by atoms with E-state index in [2.05, 4.69) is 10.3 Å². The third kappa shape index (κ3) is 5.29. The minimum Gasteiger partial charge on any atom is -0.473 e. The standard InChI is InChI=1S/C19H24N2O4S/c1-14(2)26(23,24)15(3)19(22)21-12-17-9-10-20-18(11-17)25-13-16-7-5-4-6-8-16/h4-11,14-15H,12-13H2,1-3H3,(H,21,22). The average Bonchev–Trinajstić information content (AvgIpc) is 2.64. The molecule has 26 heavy (non-hydrogen) atoms. The predicted octanol–water partition coefficient (Wildman–Crippen LogP) is 2.49. The molecule has 1 amide bonds. The second kappa shape index (κ2) is 8.80. The predicted molar refractivity (Wildman–Crippen MR) is 100 cm³/mol. The van der Waals surface area contributed by atoms with E-state index in [9.17, 15) is 13.2 Å². The van der Waals surface area contributed by atoms with Crippen LogP contribution in [0.3, 0.4) is 0 Å². The summed E-state index contributed by atoms with van der Waals surface area (Å²) >= 11 is 0. The Hall–Kier alpha value is -2.41.